The number of pyridine rings is 1. The van der Waals surface area contributed by atoms with Crippen molar-refractivity contribution in [1.82, 2.24) is 4.98 Å². The fraction of sp³-hybridized carbons (Fsp3) is 0.0769. The van der Waals surface area contributed by atoms with E-state index in [2.05, 4.69) is 4.98 Å². The van der Waals surface area contributed by atoms with Gasteiger partial charge in [-0.05, 0) is 30.7 Å². The van der Waals surface area contributed by atoms with Crippen molar-refractivity contribution < 1.29 is 13.6 Å². The Bertz CT molecular complexity index is 567. The van der Waals surface area contributed by atoms with Gasteiger partial charge in [-0.15, -0.1) is 0 Å². The molecule has 0 atom stereocenters. The third-order valence-corrected chi connectivity index (χ3v) is 2.41. The number of benzene rings is 1. The van der Waals surface area contributed by atoms with E-state index < -0.39 is 23.0 Å². The zero-order chi connectivity index (χ0) is 12.4. The van der Waals surface area contributed by atoms with Gasteiger partial charge >= 0.3 is 0 Å². The summed E-state index contributed by atoms with van der Waals surface area (Å²) in [5.41, 5.74) is -0.301. The first-order valence-electron chi connectivity index (χ1n) is 5.01. The van der Waals surface area contributed by atoms with E-state index in [0.717, 1.165) is 6.07 Å². The van der Waals surface area contributed by atoms with Crippen LogP contribution in [0, 0.1) is 18.6 Å². The van der Waals surface area contributed by atoms with Crippen LogP contribution in [0.25, 0.3) is 0 Å². The smallest absolute Gasteiger partial charge is 0.217 e. The van der Waals surface area contributed by atoms with Crippen molar-refractivity contribution in [3.05, 3.63) is 65.0 Å². The third-order valence-electron chi connectivity index (χ3n) is 2.41. The van der Waals surface area contributed by atoms with Crippen LogP contribution < -0.4 is 0 Å². The lowest BCUT2D eigenvalue weighted by atomic mass is 10.0. The Kier molecular flexibility index (Phi) is 2.95. The zero-order valence-electron chi connectivity index (χ0n) is 9.08. The van der Waals surface area contributed by atoms with E-state index in [4.69, 9.17) is 0 Å². The molecule has 17 heavy (non-hydrogen) atoms. The van der Waals surface area contributed by atoms with Crippen LogP contribution in [0.1, 0.15) is 21.6 Å². The second-order valence-electron chi connectivity index (χ2n) is 3.60. The molecule has 0 N–H and O–H groups in total. The Labute approximate surface area is 96.9 Å². The van der Waals surface area contributed by atoms with E-state index in [1.807, 2.05) is 0 Å². The van der Waals surface area contributed by atoms with Gasteiger partial charge in [0.05, 0.1) is 5.56 Å². The van der Waals surface area contributed by atoms with Crippen molar-refractivity contribution in [2.45, 2.75) is 6.92 Å². The van der Waals surface area contributed by atoms with Crippen molar-refractivity contribution >= 4 is 5.78 Å². The van der Waals surface area contributed by atoms with Crippen LogP contribution >= 0.6 is 0 Å². The number of hydrogen-bond acceptors (Lipinski definition) is 2. The Hall–Kier alpha value is -2.10. The molecule has 0 fully saturated rings. The third kappa shape index (κ3) is 2.06. The SMILES string of the molecule is Cc1ccc(F)c(C(=O)c2ccccn2)c1F. The molecule has 0 saturated carbocycles. The molecule has 0 aliphatic carbocycles. The standard InChI is InChI=1S/C13H9F2NO/c1-8-5-6-9(14)11(12(8)15)13(17)10-4-2-3-7-16-10/h2-7H,1H3. The summed E-state index contributed by atoms with van der Waals surface area (Å²) in [5.74, 6) is -2.45. The molecule has 0 aliphatic heterocycles. The number of ketones is 1. The summed E-state index contributed by atoms with van der Waals surface area (Å²) >= 11 is 0. The van der Waals surface area contributed by atoms with Crippen LogP contribution in [0.3, 0.4) is 0 Å². The molecular formula is C13H9F2NO. The number of carbonyl (C=O) groups is 1. The molecule has 0 saturated heterocycles. The minimum atomic E-state index is -0.872. The molecule has 1 aromatic carbocycles. The van der Waals surface area contributed by atoms with Crippen LogP contribution in [-0.4, -0.2) is 10.8 Å². The number of nitrogens with zero attached hydrogens (tertiary/aromatic N) is 1. The van der Waals surface area contributed by atoms with Crippen LogP contribution in [0.5, 0.6) is 0 Å². The lowest BCUT2D eigenvalue weighted by Gasteiger charge is -2.05. The summed E-state index contributed by atoms with van der Waals surface area (Å²) < 4.78 is 27.2. The molecule has 2 aromatic rings. The van der Waals surface area contributed by atoms with Gasteiger partial charge in [-0.2, -0.15) is 0 Å². The first kappa shape index (κ1) is 11.4. The van der Waals surface area contributed by atoms with E-state index >= 15 is 0 Å². The van der Waals surface area contributed by atoms with Gasteiger partial charge in [0.2, 0.25) is 5.78 Å². The molecule has 0 aliphatic rings. The normalized spacial score (nSPS) is 10.3. The number of aromatic nitrogens is 1. The predicted octanol–water partition coefficient (Wildman–Crippen LogP) is 2.90. The Morgan fingerprint density at radius 1 is 1.18 bits per heavy atom. The highest BCUT2D eigenvalue weighted by atomic mass is 19.1. The topological polar surface area (TPSA) is 30.0 Å². The van der Waals surface area contributed by atoms with Crippen LogP contribution in [0.15, 0.2) is 36.5 Å². The molecule has 4 heteroatoms. The highest BCUT2D eigenvalue weighted by Gasteiger charge is 2.20. The molecule has 0 spiro atoms. The van der Waals surface area contributed by atoms with Crippen molar-refractivity contribution in [3.63, 3.8) is 0 Å². The van der Waals surface area contributed by atoms with Crippen LogP contribution in [0.2, 0.25) is 0 Å². The monoisotopic (exact) mass is 233 g/mol. The van der Waals surface area contributed by atoms with Gasteiger partial charge in [-0.3, -0.25) is 9.78 Å². The summed E-state index contributed by atoms with van der Waals surface area (Å²) in [6, 6.07) is 7.00. The van der Waals surface area contributed by atoms with Crippen molar-refractivity contribution in [3.8, 4) is 0 Å². The summed E-state index contributed by atoms with van der Waals surface area (Å²) in [5, 5.41) is 0. The average molecular weight is 233 g/mol. The number of halogens is 2. The largest absolute Gasteiger partial charge is 0.287 e. The van der Waals surface area contributed by atoms with Gasteiger partial charge in [0.1, 0.15) is 17.3 Å². The highest BCUT2D eigenvalue weighted by Crippen LogP contribution is 2.19. The van der Waals surface area contributed by atoms with E-state index in [9.17, 15) is 13.6 Å². The molecule has 0 amide bonds. The molecule has 1 heterocycles. The van der Waals surface area contributed by atoms with Crippen molar-refractivity contribution in [1.29, 1.82) is 0 Å². The second kappa shape index (κ2) is 4.41. The van der Waals surface area contributed by atoms with Crippen molar-refractivity contribution in [2.75, 3.05) is 0 Å². The molecule has 2 rings (SSSR count). The fourth-order valence-corrected chi connectivity index (χ4v) is 1.49. The van der Waals surface area contributed by atoms with Crippen molar-refractivity contribution in [2.24, 2.45) is 0 Å². The predicted molar refractivity (Wildman–Crippen MR) is 58.8 cm³/mol. The van der Waals surface area contributed by atoms with Gasteiger partial charge in [0, 0.05) is 6.20 Å². The van der Waals surface area contributed by atoms with Gasteiger partial charge < -0.3 is 0 Å². The van der Waals surface area contributed by atoms with E-state index in [0.29, 0.717) is 0 Å². The number of carbonyl (C=O) groups excluding carboxylic acids is 1. The maximum Gasteiger partial charge on any atom is 0.217 e. The second-order valence-corrected chi connectivity index (χ2v) is 3.60. The van der Waals surface area contributed by atoms with Gasteiger partial charge in [-0.1, -0.05) is 12.1 Å². The first-order valence-corrected chi connectivity index (χ1v) is 5.01. The summed E-state index contributed by atoms with van der Waals surface area (Å²) in [6.07, 6.45) is 1.40. The van der Waals surface area contributed by atoms with Gasteiger partial charge in [0.25, 0.3) is 0 Å². The Balaban J connectivity index is 2.56. The maximum absolute atomic E-state index is 13.7. The van der Waals surface area contributed by atoms with Gasteiger partial charge in [-0.25, -0.2) is 8.78 Å². The lowest BCUT2D eigenvalue weighted by molar-refractivity contribution is 0.102. The Morgan fingerprint density at radius 2 is 1.94 bits per heavy atom. The van der Waals surface area contributed by atoms with E-state index in [1.165, 1.54) is 25.3 Å². The molecule has 2 nitrogen and oxygen atoms in total. The minimum absolute atomic E-state index is 0.0240. The maximum atomic E-state index is 13.7. The van der Waals surface area contributed by atoms with Crippen LogP contribution in [0.4, 0.5) is 8.78 Å². The first-order chi connectivity index (χ1) is 8.11. The van der Waals surface area contributed by atoms with E-state index in [-0.39, 0.29) is 11.3 Å². The molecule has 0 bridgehead atoms. The quantitative estimate of drug-likeness (QED) is 0.746. The minimum Gasteiger partial charge on any atom is -0.287 e. The average Bonchev–Trinajstić information content (AvgIpc) is 2.35. The lowest BCUT2D eigenvalue weighted by Crippen LogP contribution is -2.10. The zero-order valence-corrected chi connectivity index (χ0v) is 9.08. The number of aryl methyl sites for hydroxylation is 1. The Morgan fingerprint density at radius 3 is 2.59 bits per heavy atom. The molecule has 86 valence electrons. The molecule has 1 aromatic heterocycles. The molecule has 0 radical (unpaired) electrons. The summed E-state index contributed by atoms with van der Waals surface area (Å²) in [6.45, 7) is 1.48. The molecule has 0 unspecified atom stereocenters. The summed E-state index contributed by atoms with van der Waals surface area (Å²) in [4.78, 5) is 15.7. The molecular weight excluding hydrogens is 224 g/mol. The highest BCUT2D eigenvalue weighted by molar-refractivity contribution is 6.08. The fourth-order valence-electron chi connectivity index (χ4n) is 1.49. The number of hydrogen-bond donors (Lipinski definition) is 0. The van der Waals surface area contributed by atoms with E-state index in [1.54, 1.807) is 12.1 Å². The number of rotatable bonds is 2. The summed E-state index contributed by atoms with van der Waals surface area (Å²) in [7, 11) is 0. The van der Waals surface area contributed by atoms with Gasteiger partial charge in [0.15, 0.2) is 0 Å². The van der Waals surface area contributed by atoms with Crippen LogP contribution in [-0.2, 0) is 0 Å².